The van der Waals surface area contributed by atoms with Gasteiger partial charge in [-0.15, -0.1) is 0 Å². The lowest BCUT2D eigenvalue weighted by molar-refractivity contribution is 0.414. The first-order chi connectivity index (χ1) is 8.72. The van der Waals surface area contributed by atoms with E-state index in [0.29, 0.717) is 17.6 Å². The molecule has 0 aliphatic heterocycles. The smallest absolute Gasteiger partial charge is 0.143 e. The van der Waals surface area contributed by atoms with Gasteiger partial charge in [0.1, 0.15) is 5.82 Å². The maximum absolute atomic E-state index is 5.95. The molecule has 0 amide bonds. The summed E-state index contributed by atoms with van der Waals surface area (Å²) in [6, 6.07) is 2.46. The highest BCUT2D eigenvalue weighted by molar-refractivity contribution is 9.10. The molecule has 0 radical (unpaired) electrons. The molecule has 1 aliphatic rings. The molecule has 0 saturated heterocycles. The Morgan fingerprint density at radius 2 is 2.11 bits per heavy atom. The Bertz CT molecular complexity index is 394. The van der Waals surface area contributed by atoms with Gasteiger partial charge in [0, 0.05) is 25.3 Å². The van der Waals surface area contributed by atoms with Crippen LogP contribution in [0.1, 0.15) is 32.1 Å². The van der Waals surface area contributed by atoms with E-state index in [4.69, 9.17) is 17.3 Å². The van der Waals surface area contributed by atoms with Gasteiger partial charge < -0.3 is 10.6 Å². The van der Waals surface area contributed by atoms with Crippen LogP contribution in [0.3, 0.4) is 0 Å². The van der Waals surface area contributed by atoms with Crippen molar-refractivity contribution < 1.29 is 0 Å². The quantitative estimate of drug-likeness (QED) is 0.916. The van der Waals surface area contributed by atoms with Crippen LogP contribution in [0.4, 0.5) is 5.82 Å². The second-order valence-corrected chi connectivity index (χ2v) is 6.02. The van der Waals surface area contributed by atoms with Crippen LogP contribution in [-0.2, 0) is 0 Å². The summed E-state index contributed by atoms with van der Waals surface area (Å²) in [4.78, 5) is 6.80. The van der Waals surface area contributed by atoms with E-state index < -0.39 is 0 Å². The third-order valence-corrected chi connectivity index (χ3v) is 4.24. The molecule has 3 nitrogen and oxygen atoms in total. The highest BCUT2D eigenvalue weighted by Crippen LogP contribution is 2.31. The van der Waals surface area contributed by atoms with E-state index in [1.807, 2.05) is 6.07 Å². The van der Waals surface area contributed by atoms with Crippen molar-refractivity contribution in [3.8, 4) is 0 Å². The first-order valence-corrected chi connectivity index (χ1v) is 7.67. The predicted molar refractivity (Wildman–Crippen MR) is 80.2 cm³/mol. The molecule has 1 aromatic heterocycles. The molecule has 1 heterocycles. The molecule has 0 bridgehead atoms. The van der Waals surface area contributed by atoms with Gasteiger partial charge in [0.05, 0.1) is 9.50 Å². The summed E-state index contributed by atoms with van der Waals surface area (Å²) >= 11 is 9.50. The molecule has 100 valence electrons. The Balaban J connectivity index is 2.22. The molecule has 0 atom stereocenters. The SMILES string of the molecule is NCCN(c1ncc(Cl)cc1Br)C1CCCCC1. The zero-order valence-electron chi connectivity index (χ0n) is 10.4. The minimum atomic E-state index is 0.562. The number of pyridine rings is 1. The number of rotatable bonds is 4. The molecule has 5 heteroatoms. The van der Waals surface area contributed by atoms with E-state index >= 15 is 0 Å². The van der Waals surface area contributed by atoms with Crippen molar-refractivity contribution in [2.75, 3.05) is 18.0 Å². The minimum Gasteiger partial charge on any atom is -0.351 e. The monoisotopic (exact) mass is 331 g/mol. The second kappa shape index (κ2) is 6.73. The fourth-order valence-electron chi connectivity index (χ4n) is 2.61. The topological polar surface area (TPSA) is 42.1 Å². The highest BCUT2D eigenvalue weighted by atomic mass is 79.9. The fraction of sp³-hybridized carbons (Fsp3) is 0.615. The van der Waals surface area contributed by atoms with Crippen molar-refractivity contribution in [2.24, 2.45) is 5.73 Å². The summed E-state index contributed by atoms with van der Waals surface area (Å²) in [5, 5.41) is 0.655. The van der Waals surface area contributed by atoms with Gasteiger partial charge in [0.15, 0.2) is 0 Å². The average molecular weight is 333 g/mol. The first kappa shape index (κ1) is 14.1. The Hall–Kier alpha value is -0.320. The Morgan fingerprint density at radius 1 is 1.39 bits per heavy atom. The molecule has 1 saturated carbocycles. The van der Waals surface area contributed by atoms with Crippen LogP contribution in [0.25, 0.3) is 0 Å². The molecular formula is C13H19BrClN3. The maximum Gasteiger partial charge on any atom is 0.143 e. The third kappa shape index (κ3) is 3.37. The van der Waals surface area contributed by atoms with E-state index in [1.54, 1.807) is 6.20 Å². The van der Waals surface area contributed by atoms with E-state index in [9.17, 15) is 0 Å². The van der Waals surface area contributed by atoms with E-state index in [0.717, 1.165) is 16.8 Å². The number of hydrogen-bond acceptors (Lipinski definition) is 3. The Morgan fingerprint density at radius 3 is 2.72 bits per heavy atom. The summed E-state index contributed by atoms with van der Waals surface area (Å²) in [7, 11) is 0. The van der Waals surface area contributed by atoms with Gasteiger partial charge >= 0.3 is 0 Å². The number of halogens is 2. The van der Waals surface area contributed by atoms with Crippen LogP contribution in [0, 0.1) is 0 Å². The van der Waals surface area contributed by atoms with Gasteiger partial charge in [-0.2, -0.15) is 0 Å². The number of nitrogens with two attached hydrogens (primary N) is 1. The van der Waals surface area contributed by atoms with Crippen molar-refractivity contribution in [2.45, 2.75) is 38.1 Å². The van der Waals surface area contributed by atoms with Crippen LogP contribution in [0.15, 0.2) is 16.7 Å². The average Bonchev–Trinajstić information content (AvgIpc) is 2.38. The van der Waals surface area contributed by atoms with Gasteiger partial charge in [-0.05, 0) is 34.8 Å². The van der Waals surface area contributed by atoms with Crippen molar-refractivity contribution in [1.29, 1.82) is 0 Å². The lowest BCUT2D eigenvalue weighted by Crippen LogP contribution is -2.40. The molecule has 1 fully saturated rings. The van der Waals surface area contributed by atoms with Gasteiger partial charge in [0.25, 0.3) is 0 Å². The van der Waals surface area contributed by atoms with Crippen molar-refractivity contribution in [3.05, 3.63) is 21.8 Å². The normalized spacial score (nSPS) is 16.8. The van der Waals surface area contributed by atoms with Crippen LogP contribution in [-0.4, -0.2) is 24.1 Å². The highest BCUT2D eigenvalue weighted by Gasteiger charge is 2.23. The molecular weight excluding hydrogens is 314 g/mol. The third-order valence-electron chi connectivity index (χ3n) is 3.45. The van der Waals surface area contributed by atoms with Gasteiger partial charge in [-0.25, -0.2) is 4.98 Å². The standard InChI is InChI=1S/C13H19BrClN3/c14-12-8-10(15)9-17-13(12)18(7-6-16)11-4-2-1-3-5-11/h8-9,11H,1-7,16H2. The zero-order chi connectivity index (χ0) is 13.0. The van der Waals surface area contributed by atoms with Crippen molar-refractivity contribution >= 4 is 33.3 Å². The Labute approximate surface area is 122 Å². The van der Waals surface area contributed by atoms with Crippen LogP contribution >= 0.6 is 27.5 Å². The van der Waals surface area contributed by atoms with Crippen molar-refractivity contribution in [1.82, 2.24) is 4.98 Å². The number of anilines is 1. The summed E-state index contributed by atoms with van der Waals surface area (Å²) in [6.07, 6.45) is 8.12. The van der Waals surface area contributed by atoms with E-state index in [2.05, 4.69) is 25.8 Å². The van der Waals surface area contributed by atoms with Gasteiger partial charge in [-0.1, -0.05) is 30.9 Å². The first-order valence-electron chi connectivity index (χ1n) is 6.50. The van der Waals surface area contributed by atoms with Crippen LogP contribution in [0.5, 0.6) is 0 Å². The molecule has 0 spiro atoms. The number of hydrogen-bond donors (Lipinski definition) is 1. The molecule has 1 aliphatic carbocycles. The molecule has 18 heavy (non-hydrogen) atoms. The predicted octanol–water partition coefficient (Wildman–Crippen LogP) is 3.60. The van der Waals surface area contributed by atoms with Gasteiger partial charge in [-0.3, -0.25) is 0 Å². The van der Waals surface area contributed by atoms with Crippen molar-refractivity contribution in [3.63, 3.8) is 0 Å². The molecule has 2 N–H and O–H groups in total. The second-order valence-electron chi connectivity index (χ2n) is 4.73. The zero-order valence-corrected chi connectivity index (χ0v) is 12.8. The maximum atomic E-state index is 5.95. The minimum absolute atomic E-state index is 0.562. The summed E-state index contributed by atoms with van der Waals surface area (Å²) in [6.45, 7) is 1.49. The number of nitrogens with zero attached hydrogens (tertiary/aromatic N) is 2. The summed E-state index contributed by atoms with van der Waals surface area (Å²) in [5.74, 6) is 0.969. The summed E-state index contributed by atoms with van der Waals surface area (Å²) < 4.78 is 0.953. The van der Waals surface area contributed by atoms with Crippen LogP contribution < -0.4 is 10.6 Å². The molecule has 0 unspecified atom stereocenters. The van der Waals surface area contributed by atoms with Gasteiger partial charge in [0.2, 0.25) is 0 Å². The molecule has 0 aromatic carbocycles. The number of aromatic nitrogens is 1. The van der Waals surface area contributed by atoms with E-state index in [1.165, 1.54) is 32.1 Å². The molecule has 1 aromatic rings. The summed E-state index contributed by atoms with van der Waals surface area (Å²) in [5.41, 5.74) is 5.74. The van der Waals surface area contributed by atoms with Crippen LogP contribution in [0.2, 0.25) is 5.02 Å². The lowest BCUT2D eigenvalue weighted by atomic mass is 9.94. The lowest BCUT2D eigenvalue weighted by Gasteiger charge is -2.35. The largest absolute Gasteiger partial charge is 0.351 e. The fourth-order valence-corrected chi connectivity index (χ4v) is 3.48. The Kier molecular flexibility index (Phi) is 5.27. The van der Waals surface area contributed by atoms with E-state index in [-0.39, 0.29) is 0 Å². The molecule has 2 rings (SSSR count).